The van der Waals surface area contributed by atoms with Gasteiger partial charge in [0.15, 0.2) is 23.0 Å². The van der Waals surface area contributed by atoms with Gasteiger partial charge < -0.3 is 23.8 Å². The van der Waals surface area contributed by atoms with Gasteiger partial charge in [0.2, 0.25) is 5.91 Å². The highest BCUT2D eigenvalue weighted by Gasteiger charge is 2.35. The molecule has 2 aliphatic heterocycles. The van der Waals surface area contributed by atoms with Gasteiger partial charge in [-0.2, -0.15) is 0 Å². The third-order valence-electron chi connectivity index (χ3n) is 8.67. The highest BCUT2D eigenvalue weighted by atomic mass is 79.9. The Morgan fingerprint density at radius 2 is 1.49 bits per heavy atom. The molecule has 242 valence electrons. The zero-order chi connectivity index (χ0) is 31.9. The van der Waals surface area contributed by atoms with Gasteiger partial charge in [-0.3, -0.25) is 9.69 Å². The second kappa shape index (κ2) is 15.4. The second-order valence-corrected chi connectivity index (χ2v) is 12.7. The van der Waals surface area contributed by atoms with E-state index in [9.17, 15) is 4.79 Å². The molecule has 8 heteroatoms. The van der Waals surface area contributed by atoms with Gasteiger partial charge >= 0.3 is 0 Å². The van der Waals surface area contributed by atoms with Crippen molar-refractivity contribution < 1.29 is 23.7 Å². The van der Waals surface area contributed by atoms with E-state index in [1.54, 1.807) is 0 Å². The second-order valence-electron chi connectivity index (χ2n) is 11.8. The molecule has 0 spiro atoms. The van der Waals surface area contributed by atoms with Crippen molar-refractivity contribution in [2.75, 3.05) is 46.1 Å². The van der Waals surface area contributed by atoms with Crippen LogP contribution in [-0.4, -0.2) is 61.8 Å². The molecule has 1 fully saturated rings. The summed E-state index contributed by atoms with van der Waals surface area (Å²) in [7, 11) is 0. The minimum atomic E-state index is -0.155. The van der Waals surface area contributed by atoms with Crippen LogP contribution < -0.4 is 18.9 Å². The number of halogens is 1. The van der Waals surface area contributed by atoms with Crippen molar-refractivity contribution in [2.24, 2.45) is 0 Å². The normalized spacial score (nSPS) is 18.0. The monoisotopic (exact) mass is 678 g/mol. The first-order valence-electron chi connectivity index (χ1n) is 16.5. The summed E-state index contributed by atoms with van der Waals surface area (Å²) < 4.78 is 24.9. The Bertz CT molecular complexity index is 1460. The van der Waals surface area contributed by atoms with E-state index in [1.807, 2.05) is 33.8 Å². The van der Waals surface area contributed by atoms with Crippen molar-refractivity contribution in [3.8, 4) is 23.0 Å². The molecule has 3 aromatic rings. The van der Waals surface area contributed by atoms with Crippen LogP contribution >= 0.6 is 15.9 Å². The predicted octanol–water partition coefficient (Wildman–Crippen LogP) is 7.86. The Morgan fingerprint density at radius 3 is 2.18 bits per heavy atom. The first-order valence-corrected chi connectivity index (χ1v) is 17.3. The lowest BCUT2D eigenvalue weighted by Crippen LogP contribution is -2.45. The topological polar surface area (TPSA) is 60.5 Å². The Labute approximate surface area is 276 Å². The van der Waals surface area contributed by atoms with E-state index in [2.05, 4.69) is 75.1 Å². The largest absolute Gasteiger partial charge is 0.490 e. The van der Waals surface area contributed by atoms with Crippen molar-refractivity contribution >= 4 is 21.8 Å². The van der Waals surface area contributed by atoms with Gasteiger partial charge in [0.25, 0.3) is 0 Å². The Hall–Kier alpha value is -3.23. The molecule has 0 aliphatic carbocycles. The third-order valence-corrected chi connectivity index (χ3v) is 9.13. The molecule has 0 radical (unpaired) electrons. The lowest BCUT2D eigenvalue weighted by molar-refractivity contribution is -0.135. The van der Waals surface area contributed by atoms with Crippen LogP contribution in [0.25, 0.3) is 0 Å². The summed E-state index contributed by atoms with van der Waals surface area (Å²) in [6, 6.07) is 17.0. The average molecular weight is 680 g/mol. The fourth-order valence-electron chi connectivity index (χ4n) is 6.82. The number of hydrogen-bond acceptors (Lipinski definition) is 6. The molecule has 0 aromatic heterocycles. The van der Waals surface area contributed by atoms with Gasteiger partial charge in [0.05, 0.1) is 39.0 Å². The predicted molar refractivity (Wildman–Crippen MR) is 182 cm³/mol. The van der Waals surface area contributed by atoms with Crippen LogP contribution in [-0.2, 0) is 17.6 Å². The fraction of sp³-hybridized carbons (Fsp3) is 0.486. The lowest BCUT2D eigenvalue weighted by atomic mass is 9.88. The molecule has 2 unspecified atom stereocenters. The van der Waals surface area contributed by atoms with Crippen LogP contribution in [0.1, 0.15) is 80.4 Å². The molecule has 5 rings (SSSR count). The number of fused-ring (bicyclic) bond motifs is 1. The van der Waals surface area contributed by atoms with E-state index in [0.717, 1.165) is 64.4 Å². The summed E-state index contributed by atoms with van der Waals surface area (Å²) in [5.74, 6) is 3.12. The minimum absolute atomic E-state index is 0.155. The van der Waals surface area contributed by atoms with Crippen LogP contribution in [0.4, 0.5) is 0 Å². The van der Waals surface area contributed by atoms with Gasteiger partial charge in [-0.25, -0.2) is 0 Å². The highest BCUT2D eigenvalue weighted by molar-refractivity contribution is 9.10. The maximum atomic E-state index is 14.3. The molecule has 3 aromatic carbocycles. The first-order chi connectivity index (χ1) is 21.8. The summed E-state index contributed by atoms with van der Waals surface area (Å²) in [6.07, 6.45) is 3.56. The molecular weight excluding hydrogens is 632 g/mol. The third kappa shape index (κ3) is 7.78. The molecule has 1 saturated heterocycles. The molecular formula is C37H47BrN2O5. The van der Waals surface area contributed by atoms with Gasteiger partial charge in [-0.15, -0.1) is 0 Å². The summed E-state index contributed by atoms with van der Waals surface area (Å²) in [5, 5.41) is 0. The molecule has 2 heterocycles. The number of likely N-dealkylation sites (tertiary alicyclic amines) is 1. The van der Waals surface area contributed by atoms with Gasteiger partial charge in [0, 0.05) is 17.1 Å². The van der Waals surface area contributed by atoms with E-state index in [0.29, 0.717) is 45.9 Å². The number of carbonyl (C=O) groups excluding carboxylic acids is 1. The summed E-state index contributed by atoms with van der Waals surface area (Å²) >= 11 is 3.68. The van der Waals surface area contributed by atoms with Crippen LogP contribution in [0.15, 0.2) is 53.0 Å². The molecule has 0 N–H and O–H groups in total. The maximum Gasteiger partial charge on any atom is 0.237 e. The molecule has 2 aliphatic rings. The Balaban J connectivity index is 1.48. The molecule has 45 heavy (non-hydrogen) atoms. The maximum absolute atomic E-state index is 14.3. The van der Waals surface area contributed by atoms with Gasteiger partial charge in [0.1, 0.15) is 0 Å². The van der Waals surface area contributed by atoms with Gasteiger partial charge in [-0.1, -0.05) is 28.1 Å². The number of rotatable bonds is 13. The number of aryl methyl sites for hydroxylation is 1. The van der Waals surface area contributed by atoms with E-state index in [1.165, 1.54) is 16.7 Å². The molecule has 1 amide bonds. The van der Waals surface area contributed by atoms with E-state index < -0.39 is 0 Å². The number of ether oxygens (including phenoxy) is 4. The van der Waals surface area contributed by atoms with Crippen molar-refractivity contribution in [1.82, 2.24) is 9.80 Å². The van der Waals surface area contributed by atoms with E-state index in [-0.39, 0.29) is 18.0 Å². The molecule has 0 bridgehead atoms. The average Bonchev–Trinajstić information content (AvgIpc) is 3.47. The minimum Gasteiger partial charge on any atom is -0.490 e. The number of nitrogens with zero attached hydrogens (tertiary/aromatic N) is 2. The van der Waals surface area contributed by atoms with Crippen molar-refractivity contribution in [3.05, 3.63) is 80.8 Å². The molecule has 7 nitrogen and oxygen atoms in total. The number of benzene rings is 3. The van der Waals surface area contributed by atoms with E-state index in [4.69, 9.17) is 18.9 Å². The summed E-state index contributed by atoms with van der Waals surface area (Å²) in [6.45, 7) is 14.2. The Morgan fingerprint density at radius 1 is 0.822 bits per heavy atom. The fourth-order valence-corrected chi connectivity index (χ4v) is 7.45. The summed E-state index contributed by atoms with van der Waals surface area (Å²) in [5.41, 5.74) is 5.91. The van der Waals surface area contributed by atoms with Crippen LogP contribution in [0.3, 0.4) is 0 Å². The standard InChI is InChI=1S/C37H47BrN2O5/c1-6-42-33-13-12-26(20-34(33)43-7-2)19-32-30-23-36(45-9-4)35(44-8-3)22-27(30)14-16-40(32)37(41)24-39-15-10-11-31(39)28-17-25(5)18-29(38)21-28/h12-13,17-18,20-23,31-32H,6-11,14-16,19,24H2,1-5H3. The molecule has 2 atom stereocenters. The Kier molecular flexibility index (Phi) is 11.3. The van der Waals surface area contributed by atoms with E-state index >= 15 is 0 Å². The van der Waals surface area contributed by atoms with Crippen molar-refractivity contribution in [2.45, 2.75) is 72.4 Å². The summed E-state index contributed by atoms with van der Waals surface area (Å²) in [4.78, 5) is 18.8. The van der Waals surface area contributed by atoms with Gasteiger partial charge in [-0.05, 0) is 131 Å². The first kappa shape index (κ1) is 33.1. The van der Waals surface area contributed by atoms with Crippen LogP contribution in [0.2, 0.25) is 0 Å². The van der Waals surface area contributed by atoms with Crippen LogP contribution in [0, 0.1) is 6.92 Å². The quantitative estimate of drug-likeness (QED) is 0.183. The zero-order valence-electron chi connectivity index (χ0n) is 27.4. The zero-order valence-corrected chi connectivity index (χ0v) is 29.0. The number of hydrogen-bond donors (Lipinski definition) is 0. The lowest BCUT2D eigenvalue weighted by Gasteiger charge is -2.39. The van der Waals surface area contributed by atoms with Crippen molar-refractivity contribution in [1.29, 1.82) is 0 Å². The molecule has 0 saturated carbocycles. The highest BCUT2D eigenvalue weighted by Crippen LogP contribution is 2.41. The number of amides is 1. The smallest absolute Gasteiger partial charge is 0.237 e. The SMILES string of the molecule is CCOc1ccc(CC2c3cc(OCC)c(OCC)cc3CCN2C(=O)CN2CCCC2c2cc(C)cc(Br)c2)cc1OCC. The number of carbonyl (C=O) groups is 1. The van der Waals surface area contributed by atoms with Crippen molar-refractivity contribution in [3.63, 3.8) is 0 Å². The van der Waals surface area contributed by atoms with Crippen LogP contribution in [0.5, 0.6) is 23.0 Å².